The molecule has 0 aliphatic rings. The van der Waals surface area contributed by atoms with E-state index in [4.69, 9.17) is 14.6 Å². The van der Waals surface area contributed by atoms with Crippen LogP contribution in [-0.4, -0.2) is 46.9 Å². The quantitative estimate of drug-likeness (QED) is 0.216. The summed E-state index contributed by atoms with van der Waals surface area (Å²) in [4.78, 5) is 35.4. The van der Waals surface area contributed by atoms with Crippen LogP contribution in [0.4, 0.5) is 0 Å². The lowest BCUT2D eigenvalue weighted by molar-refractivity contribution is -0.176. The van der Waals surface area contributed by atoms with Crippen LogP contribution in [0.2, 0.25) is 0 Å². The molecule has 0 aliphatic carbocycles. The Morgan fingerprint density at radius 2 is 1.16 bits per heavy atom. The Labute approximate surface area is 187 Å². The lowest BCUT2D eigenvalue weighted by Gasteiger charge is -2.23. The van der Waals surface area contributed by atoms with E-state index in [1.54, 1.807) is 0 Å². The van der Waals surface area contributed by atoms with Gasteiger partial charge >= 0.3 is 17.9 Å². The molecule has 182 valence electrons. The van der Waals surface area contributed by atoms with E-state index in [9.17, 15) is 19.5 Å². The fourth-order valence-corrected chi connectivity index (χ4v) is 3.25. The maximum atomic E-state index is 12.3. The number of carbonyl (C=O) groups excluding carboxylic acids is 2. The molecule has 0 spiro atoms. The van der Waals surface area contributed by atoms with Crippen molar-refractivity contribution in [3.63, 3.8) is 0 Å². The van der Waals surface area contributed by atoms with Crippen molar-refractivity contribution in [3.05, 3.63) is 0 Å². The largest absolute Gasteiger partial charge is 0.481 e. The molecule has 0 amide bonds. The molecular formula is C24H44O7. The second-order valence-electron chi connectivity index (χ2n) is 9.33. The minimum absolute atomic E-state index is 0.0911. The van der Waals surface area contributed by atoms with Gasteiger partial charge in [0, 0.05) is 0 Å². The zero-order chi connectivity index (χ0) is 23.7. The highest BCUT2D eigenvalue weighted by Gasteiger charge is 2.42. The Balaban J connectivity index is 4.27. The van der Waals surface area contributed by atoms with Gasteiger partial charge in [0.05, 0.1) is 26.1 Å². The summed E-state index contributed by atoms with van der Waals surface area (Å²) in [5, 5.41) is 19.5. The first-order valence-electron chi connectivity index (χ1n) is 11.8. The Kier molecular flexibility index (Phi) is 16.1. The first-order chi connectivity index (χ1) is 14.6. The van der Waals surface area contributed by atoms with Gasteiger partial charge in [-0.25, -0.2) is 4.79 Å². The van der Waals surface area contributed by atoms with E-state index in [0.717, 1.165) is 44.9 Å². The normalized spacial score (nSPS) is 13.3. The number of carboxylic acids is 1. The molecule has 0 aliphatic heterocycles. The molecule has 0 fully saturated rings. The molecule has 0 heterocycles. The van der Waals surface area contributed by atoms with Crippen molar-refractivity contribution >= 4 is 17.9 Å². The summed E-state index contributed by atoms with van der Waals surface area (Å²) < 4.78 is 10.2. The van der Waals surface area contributed by atoms with Crippen molar-refractivity contribution in [2.75, 3.05) is 13.2 Å². The topological polar surface area (TPSA) is 110 Å². The number of carbonyl (C=O) groups is 3. The van der Waals surface area contributed by atoms with Crippen LogP contribution in [0, 0.1) is 11.8 Å². The average molecular weight is 445 g/mol. The Hall–Kier alpha value is -1.63. The number of hydrogen-bond donors (Lipinski definition) is 2. The Morgan fingerprint density at radius 3 is 1.61 bits per heavy atom. The van der Waals surface area contributed by atoms with Crippen LogP contribution in [0.3, 0.4) is 0 Å². The molecule has 0 aromatic heterocycles. The molecule has 1 unspecified atom stereocenters. The molecular weight excluding hydrogens is 400 g/mol. The van der Waals surface area contributed by atoms with Gasteiger partial charge in [-0.3, -0.25) is 9.59 Å². The summed E-state index contributed by atoms with van der Waals surface area (Å²) in [5.41, 5.74) is -2.40. The number of hydrogen-bond acceptors (Lipinski definition) is 6. The highest BCUT2D eigenvalue weighted by Crippen LogP contribution is 2.20. The van der Waals surface area contributed by atoms with Gasteiger partial charge in [-0.15, -0.1) is 0 Å². The maximum absolute atomic E-state index is 12.3. The van der Waals surface area contributed by atoms with Crippen LogP contribution in [0.5, 0.6) is 0 Å². The third kappa shape index (κ3) is 16.7. The minimum Gasteiger partial charge on any atom is -0.481 e. The predicted molar refractivity (Wildman–Crippen MR) is 120 cm³/mol. The van der Waals surface area contributed by atoms with E-state index in [0.29, 0.717) is 24.7 Å². The van der Waals surface area contributed by atoms with Crippen LogP contribution in [0.25, 0.3) is 0 Å². The van der Waals surface area contributed by atoms with Crippen LogP contribution in [0.15, 0.2) is 0 Å². The number of carboxylic acid groups (broad SMARTS) is 1. The third-order valence-corrected chi connectivity index (χ3v) is 5.11. The molecule has 0 rings (SSSR count). The second kappa shape index (κ2) is 17.0. The molecule has 0 aromatic rings. The molecule has 2 N–H and O–H groups in total. The van der Waals surface area contributed by atoms with E-state index in [1.807, 2.05) is 0 Å². The summed E-state index contributed by atoms with van der Waals surface area (Å²) in [5.74, 6) is -1.92. The van der Waals surface area contributed by atoms with Gasteiger partial charge in [0.1, 0.15) is 0 Å². The van der Waals surface area contributed by atoms with E-state index in [1.165, 1.54) is 6.42 Å². The van der Waals surface area contributed by atoms with Crippen LogP contribution in [-0.2, 0) is 23.9 Å². The number of esters is 2. The summed E-state index contributed by atoms with van der Waals surface area (Å²) in [6.45, 7) is 8.98. The molecule has 0 saturated carbocycles. The van der Waals surface area contributed by atoms with E-state index >= 15 is 0 Å². The molecule has 0 saturated heterocycles. The lowest BCUT2D eigenvalue weighted by atomic mass is 9.95. The van der Waals surface area contributed by atoms with E-state index in [-0.39, 0.29) is 13.2 Å². The number of unbranched alkanes of at least 4 members (excludes halogenated alkanes) is 6. The Morgan fingerprint density at radius 1 is 0.710 bits per heavy atom. The van der Waals surface area contributed by atoms with Gasteiger partial charge in [-0.05, 0) is 24.7 Å². The van der Waals surface area contributed by atoms with Crippen LogP contribution >= 0.6 is 0 Å². The predicted octanol–water partition coefficient (Wildman–Crippen LogP) is 4.88. The van der Waals surface area contributed by atoms with Gasteiger partial charge in [0.25, 0.3) is 0 Å². The van der Waals surface area contributed by atoms with Gasteiger partial charge in [-0.1, -0.05) is 79.1 Å². The second-order valence-corrected chi connectivity index (χ2v) is 9.33. The first-order valence-corrected chi connectivity index (χ1v) is 11.8. The number of aliphatic hydroxyl groups is 1. The molecule has 0 bridgehead atoms. The molecule has 0 radical (unpaired) electrons. The van der Waals surface area contributed by atoms with Crippen molar-refractivity contribution in [3.8, 4) is 0 Å². The molecule has 7 heteroatoms. The molecule has 0 aromatic carbocycles. The zero-order valence-electron chi connectivity index (χ0n) is 20.0. The van der Waals surface area contributed by atoms with E-state index < -0.39 is 36.4 Å². The van der Waals surface area contributed by atoms with Crippen molar-refractivity contribution in [2.24, 2.45) is 11.8 Å². The summed E-state index contributed by atoms with van der Waals surface area (Å²) >= 11 is 0. The fourth-order valence-electron chi connectivity index (χ4n) is 3.25. The lowest BCUT2D eigenvalue weighted by Crippen LogP contribution is -2.44. The standard InChI is InChI=1S/C24H44O7/c1-19(2)13-9-5-7-11-15-30-22(27)18-24(29,17-21(25)26)23(28)31-16-12-8-6-10-14-20(3)4/h19-20,29H,5-18H2,1-4H3,(H,25,26). The van der Waals surface area contributed by atoms with Gasteiger partial charge in [0.15, 0.2) is 5.60 Å². The first kappa shape index (κ1) is 29.4. The summed E-state index contributed by atoms with van der Waals surface area (Å²) in [7, 11) is 0. The highest BCUT2D eigenvalue weighted by atomic mass is 16.6. The summed E-state index contributed by atoms with van der Waals surface area (Å²) in [6.07, 6.45) is 8.17. The number of ether oxygens (including phenoxy) is 2. The van der Waals surface area contributed by atoms with Crippen LogP contribution in [0.1, 0.15) is 105 Å². The number of aliphatic carboxylic acids is 1. The monoisotopic (exact) mass is 444 g/mol. The molecule has 1 atom stereocenters. The van der Waals surface area contributed by atoms with Gasteiger partial charge < -0.3 is 19.7 Å². The Bertz CT molecular complexity index is 516. The molecule has 31 heavy (non-hydrogen) atoms. The van der Waals surface area contributed by atoms with Crippen molar-refractivity contribution in [1.29, 1.82) is 0 Å². The van der Waals surface area contributed by atoms with Crippen molar-refractivity contribution in [2.45, 2.75) is 110 Å². The molecule has 7 nitrogen and oxygen atoms in total. The smallest absolute Gasteiger partial charge is 0.339 e. The fraction of sp³-hybridized carbons (Fsp3) is 0.875. The van der Waals surface area contributed by atoms with Crippen LogP contribution < -0.4 is 0 Å². The zero-order valence-corrected chi connectivity index (χ0v) is 20.0. The number of rotatable bonds is 19. The third-order valence-electron chi connectivity index (χ3n) is 5.11. The van der Waals surface area contributed by atoms with E-state index in [2.05, 4.69) is 27.7 Å². The minimum atomic E-state index is -2.40. The highest BCUT2D eigenvalue weighted by molar-refractivity contribution is 5.89. The van der Waals surface area contributed by atoms with Crippen molar-refractivity contribution in [1.82, 2.24) is 0 Å². The maximum Gasteiger partial charge on any atom is 0.339 e. The average Bonchev–Trinajstić information content (AvgIpc) is 2.65. The van der Waals surface area contributed by atoms with Gasteiger partial charge in [0.2, 0.25) is 0 Å². The van der Waals surface area contributed by atoms with Gasteiger partial charge in [-0.2, -0.15) is 0 Å². The SMILES string of the molecule is CC(C)CCCCCCOC(=O)CC(O)(CC(=O)O)C(=O)OCCCCCCC(C)C. The summed E-state index contributed by atoms with van der Waals surface area (Å²) in [6, 6.07) is 0. The van der Waals surface area contributed by atoms with Crippen molar-refractivity contribution < 1.29 is 34.1 Å².